The Bertz CT molecular complexity index is 1680. The number of imidazole rings is 1. The van der Waals surface area contributed by atoms with E-state index in [-0.39, 0.29) is 23.2 Å². The molecule has 0 radical (unpaired) electrons. The van der Waals surface area contributed by atoms with E-state index in [1.165, 1.54) is 5.56 Å². The predicted molar refractivity (Wildman–Crippen MR) is 140 cm³/mol. The maximum absolute atomic E-state index is 13.0. The van der Waals surface area contributed by atoms with Crippen LogP contribution >= 0.6 is 0 Å². The van der Waals surface area contributed by atoms with Gasteiger partial charge in [0.1, 0.15) is 11.3 Å². The molecule has 0 spiro atoms. The quantitative estimate of drug-likeness (QED) is 0.331. The number of nitrogens with zero attached hydrogens (tertiary/aromatic N) is 6. The third kappa shape index (κ3) is 3.96. The minimum atomic E-state index is -0.290. The maximum atomic E-state index is 13.0. The molecule has 4 heterocycles. The summed E-state index contributed by atoms with van der Waals surface area (Å²) in [6, 6.07) is 8.37. The zero-order valence-electron chi connectivity index (χ0n) is 21.4. The summed E-state index contributed by atoms with van der Waals surface area (Å²) in [4.78, 5) is 30.1. The number of carbonyl (C=O) groups is 1. The molecule has 0 saturated heterocycles. The van der Waals surface area contributed by atoms with E-state index in [2.05, 4.69) is 55.6 Å². The minimum absolute atomic E-state index is 0.0672. The molecule has 0 bridgehead atoms. The minimum Gasteiger partial charge on any atom is -0.342 e. The van der Waals surface area contributed by atoms with Crippen molar-refractivity contribution in [1.29, 1.82) is 0 Å². The summed E-state index contributed by atoms with van der Waals surface area (Å²) < 4.78 is 7.14. The van der Waals surface area contributed by atoms with Crippen LogP contribution in [0.1, 0.15) is 72.7 Å². The van der Waals surface area contributed by atoms with Crippen molar-refractivity contribution in [2.45, 2.75) is 56.9 Å². The van der Waals surface area contributed by atoms with Gasteiger partial charge in [-0.05, 0) is 54.9 Å². The molecular weight excluding hydrogens is 480 g/mol. The first-order valence-corrected chi connectivity index (χ1v) is 13.1. The Hall–Kier alpha value is -4.34. The van der Waals surface area contributed by atoms with Crippen LogP contribution in [0.4, 0.5) is 0 Å². The molecule has 2 N–H and O–H groups in total. The number of aryl methyl sites for hydroxylation is 2. The van der Waals surface area contributed by atoms with Crippen LogP contribution in [0, 0.1) is 0 Å². The van der Waals surface area contributed by atoms with Crippen molar-refractivity contribution in [3.63, 3.8) is 0 Å². The lowest BCUT2D eigenvalue weighted by Gasteiger charge is -2.19. The summed E-state index contributed by atoms with van der Waals surface area (Å²) in [6.45, 7) is 2.08. The van der Waals surface area contributed by atoms with Crippen molar-refractivity contribution in [3.05, 3.63) is 65.7 Å². The van der Waals surface area contributed by atoms with Gasteiger partial charge < -0.3 is 14.8 Å². The molecule has 4 aromatic heterocycles. The number of aromatic nitrogens is 7. The van der Waals surface area contributed by atoms with E-state index in [0.717, 1.165) is 77.8 Å². The van der Waals surface area contributed by atoms with Crippen LogP contribution in [0.3, 0.4) is 0 Å². The molecule has 2 aliphatic rings. The van der Waals surface area contributed by atoms with Crippen LogP contribution in [0.2, 0.25) is 0 Å². The zero-order chi connectivity index (χ0) is 25.9. The Morgan fingerprint density at radius 2 is 2.08 bits per heavy atom. The highest BCUT2D eigenvalue weighted by Gasteiger charge is 2.45. The first kappa shape index (κ1) is 22.8. The van der Waals surface area contributed by atoms with Crippen LogP contribution in [0.25, 0.3) is 33.7 Å². The Balaban J connectivity index is 1.19. The molecule has 1 aromatic carbocycles. The van der Waals surface area contributed by atoms with Gasteiger partial charge in [-0.25, -0.2) is 9.97 Å². The number of fused-ring (bicyclic) bond motifs is 2. The van der Waals surface area contributed by atoms with Gasteiger partial charge in [-0.15, -0.1) is 0 Å². The Morgan fingerprint density at radius 3 is 2.89 bits per heavy atom. The fraction of sp³-hybridized carbons (Fsp3) is 0.357. The van der Waals surface area contributed by atoms with Gasteiger partial charge in [0.2, 0.25) is 5.89 Å². The Kier molecular flexibility index (Phi) is 5.17. The molecular formula is C28H28N8O2. The molecule has 1 saturated carbocycles. The molecule has 2 aliphatic carbocycles. The van der Waals surface area contributed by atoms with Crippen LogP contribution in [0.5, 0.6) is 0 Å². The van der Waals surface area contributed by atoms with Gasteiger partial charge in [0.15, 0.2) is 5.65 Å². The normalized spacial score (nSPS) is 18.2. The van der Waals surface area contributed by atoms with Gasteiger partial charge in [-0.3, -0.25) is 9.48 Å². The lowest BCUT2D eigenvalue weighted by molar-refractivity contribution is 0.0921. The van der Waals surface area contributed by atoms with E-state index in [0.29, 0.717) is 5.89 Å². The topological polar surface area (TPSA) is 127 Å². The van der Waals surface area contributed by atoms with Gasteiger partial charge in [0.25, 0.3) is 11.7 Å². The van der Waals surface area contributed by atoms with Gasteiger partial charge in [-0.2, -0.15) is 10.1 Å². The third-order valence-electron chi connectivity index (χ3n) is 7.83. The van der Waals surface area contributed by atoms with Gasteiger partial charge >= 0.3 is 0 Å². The van der Waals surface area contributed by atoms with Gasteiger partial charge in [0.05, 0.1) is 17.8 Å². The van der Waals surface area contributed by atoms with E-state index in [4.69, 9.17) is 9.51 Å². The van der Waals surface area contributed by atoms with E-state index >= 15 is 0 Å². The number of benzene rings is 1. The number of amides is 1. The van der Waals surface area contributed by atoms with Crippen LogP contribution in [-0.2, 0) is 18.9 Å². The van der Waals surface area contributed by atoms with Gasteiger partial charge in [-0.1, -0.05) is 36.7 Å². The Labute approximate surface area is 218 Å². The fourth-order valence-electron chi connectivity index (χ4n) is 5.31. The number of hydrogen-bond acceptors (Lipinski definition) is 7. The third-order valence-corrected chi connectivity index (χ3v) is 7.83. The smallest absolute Gasteiger partial charge is 0.293 e. The largest absolute Gasteiger partial charge is 0.342 e. The van der Waals surface area contributed by atoms with Crippen molar-refractivity contribution in [2.24, 2.45) is 7.05 Å². The summed E-state index contributed by atoms with van der Waals surface area (Å²) in [6.07, 6.45) is 11.5. The molecule has 1 fully saturated rings. The van der Waals surface area contributed by atoms with Crippen LogP contribution in [-0.4, -0.2) is 40.8 Å². The van der Waals surface area contributed by atoms with Crippen molar-refractivity contribution in [3.8, 4) is 22.5 Å². The van der Waals surface area contributed by atoms with Crippen LogP contribution in [0.15, 0.2) is 47.4 Å². The molecule has 0 unspecified atom stereocenters. The van der Waals surface area contributed by atoms with E-state index in [1.807, 2.05) is 19.3 Å². The number of H-pyrrole nitrogens is 1. The lowest BCUT2D eigenvalue weighted by atomic mass is 9.94. The number of carbonyl (C=O) groups excluding carboxylic acids is 1. The van der Waals surface area contributed by atoms with E-state index in [9.17, 15) is 4.79 Å². The monoisotopic (exact) mass is 508 g/mol. The second-order valence-corrected chi connectivity index (χ2v) is 10.7. The number of rotatable bonds is 5. The molecule has 10 heteroatoms. The zero-order valence-corrected chi connectivity index (χ0v) is 21.4. The van der Waals surface area contributed by atoms with Crippen molar-refractivity contribution in [2.75, 3.05) is 0 Å². The summed E-state index contributed by atoms with van der Waals surface area (Å²) in [5, 5.41) is 11.4. The lowest BCUT2D eigenvalue weighted by Crippen LogP contribution is -2.29. The number of pyridine rings is 1. The number of hydrogen-bond donors (Lipinski definition) is 2. The van der Waals surface area contributed by atoms with Crippen molar-refractivity contribution < 1.29 is 9.32 Å². The Morgan fingerprint density at radius 1 is 1.18 bits per heavy atom. The molecule has 0 aliphatic heterocycles. The van der Waals surface area contributed by atoms with E-state index in [1.54, 1.807) is 17.1 Å². The molecule has 38 heavy (non-hydrogen) atoms. The molecule has 1 atom stereocenters. The van der Waals surface area contributed by atoms with Crippen LogP contribution < -0.4 is 5.32 Å². The second-order valence-electron chi connectivity index (χ2n) is 10.7. The highest BCUT2D eigenvalue weighted by molar-refractivity contribution is 5.92. The molecule has 7 rings (SSSR count). The van der Waals surface area contributed by atoms with Crippen molar-refractivity contribution >= 4 is 17.1 Å². The van der Waals surface area contributed by atoms with Crippen molar-refractivity contribution in [1.82, 2.24) is 40.2 Å². The molecule has 10 nitrogen and oxygen atoms in total. The standard InChI is InChI=1S/C28H28N8O2/c1-28(10-11-28)27-34-25(35-38-27)26(37)31-21-6-4-3-5-16-13-17(7-8-19(16)21)20-9-12-29-24-22(20)32-23(33-24)18-14-30-36(2)15-18/h7-9,12-15,21H,3-6,10-11H2,1-2H3,(H,31,37)(H,29,32,33)/t21-/m0/s1. The van der Waals surface area contributed by atoms with Gasteiger partial charge in [0, 0.05) is 30.4 Å². The fourth-order valence-corrected chi connectivity index (χ4v) is 5.31. The summed E-state index contributed by atoms with van der Waals surface area (Å²) >= 11 is 0. The molecule has 5 aromatic rings. The SMILES string of the molecule is Cn1cc(-c2nc3c(-c4ccc5c(c4)CCCC[C@@H]5NC(=O)c4noc(C5(C)CC5)n4)ccnc3[nH]2)cn1. The summed E-state index contributed by atoms with van der Waals surface area (Å²) in [7, 11) is 1.88. The molecule has 192 valence electrons. The second kappa shape index (κ2) is 8.61. The van der Waals surface area contributed by atoms with E-state index < -0.39 is 0 Å². The number of aromatic amines is 1. The summed E-state index contributed by atoms with van der Waals surface area (Å²) in [5.74, 6) is 1.12. The summed E-state index contributed by atoms with van der Waals surface area (Å²) in [5.41, 5.74) is 6.87. The molecule has 1 amide bonds. The number of nitrogens with one attached hydrogen (secondary N) is 2. The highest BCUT2D eigenvalue weighted by Crippen LogP contribution is 2.46. The highest BCUT2D eigenvalue weighted by atomic mass is 16.5. The average molecular weight is 509 g/mol. The average Bonchev–Trinajstić information content (AvgIpc) is 3.28. The first-order chi connectivity index (χ1) is 18.5. The predicted octanol–water partition coefficient (Wildman–Crippen LogP) is 4.66. The maximum Gasteiger partial charge on any atom is 0.293 e. The first-order valence-electron chi connectivity index (χ1n) is 13.1.